The largest absolute Gasteiger partial charge is 0.0730 e. The van der Waals surface area contributed by atoms with Crippen molar-refractivity contribution in [1.29, 1.82) is 0 Å². The lowest BCUT2D eigenvalue weighted by Gasteiger charge is -2.27. The topological polar surface area (TPSA) is 0 Å². The first-order chi connectivity index (χ1) is 14.3. The lowest BCUT2D eigenvalue weighted by Crippen LogP contribution is -2.11. The van der Waals surface area contributed by atoms with Crippen LogP contribution in [0.4, 0.5) is 0 Å². The van der Waals surface area contributed by atoms with E-state index in [2.05, 4.69) is 86.4 Å². The summed E-state index contributed by atoms with van der Waals surface area (Å²) < 4.78 is 0. The summed E-state index contributed by atoms with van der Waals surface area (Å²) in [5.74, 6) is 7.96. The molecule has 0 heteroatoms. The molecule has 1 fully saturated rings. The molecule has 0 unspecified atom stereocenters. The third-order valence-corrected chi connectivity index (χ3v) is 6.20. The monoisotopic (exact) mass is 384 g/mol. The highest BCUT2D eigenvalue weighted by atomic mass is 14.3. The van der Waals surface area contributed by atoms with Crippen LogP contribution in [0.2, 0.25) is 0 Å². The minimum absolute atomic E-state index is 0.691. The fourth-order valence-electron chi connectivity index (χ4n) is 4.33. The second-order valence-corrected chi connectivity index (χ2v) is 8.53. The van der Waals surface area contributed by atoms with Crippen molar-refractivity contribution in [2.75, 3.05) is 0 Å². The average Bonchev–Trinajstić information content (AvgIpc) is 2.77. The number of rotatable bonds is 7. The van der Waals surface area contributed by atoms with Crippen LogP contribution in [-0.2, 0) is 12.8 Å². The van der Waals surface area contributed by atoms with Gasteiger partial charge in [-0.3, -0.25) is 0 Å². The summed E-state index contributed by atoms with van der Waals surface area (Å²) in [7, 11) is 0. The van der Waals surface area contributed by atoms with E-state index in [4.69, 9.17) is 0 Å². The van der Waals surface area contributed by atoms with Gasteiger partial charge in [-0.1, -0.05) is 81.0 Å². The van der Waals surface area contributed by atoms with E-state index in [0.717, 1.165) is 11.5 Å². The first-order valence-electron chi connectivity index (χ1n) is 11.6. The maximum Gasteiger partial charge on any atom is 0.0249 e. The van der Waals surface area contributed by atoms with Crippen LogP contribution in [0.25, 0.3) is 0 Å². The molecule has 152 valence electrons. The fraction of sp³-hybridized carbons (Fsp3) is 0.448. The average molecular weight is 385 g/mol. The second kappa shape index (κ2) is 11.7. The number of aryl methyl sites for hydroxylation is 2. The quantitative estimate of drug-likeness (QED) is 0.426. The zero-order chi connectivity index (χ0) is 20.3. The maximum atomic E-state index is 3.28. The Morgan fingerprint density at radius 1 is 0.793 bits per heavy atom. The Balaban J connectivity index is 1.44. The van der Waals surface area contributed by atoms with Crippen LogP contribution in [0.5, 0.6) is 0 Å². The molecule has 0 nitrogen and oxygen atoms in total. The van der Waals surface area contributed by atoms with Crippen molar-refractivity contribution in [2.45, 2.75) is 77.6 Å². The van der Waals surface area contributed by atoms with Crippen LogP contribution >= 0.6 is 0 Å². The van der Waals surface area contributed by atoms with Crippen LogP contribution < -0.4 is 0 Å². The number of hydrogen-bond donors (Lipinski definition) is 0. The van der Waals surface area contributed by atoms with Gasteiger partial charge < -0.3 is 0 Å². The molecule has 0 heterocycles. The van der Waals surface area contributed by atoms with Gasteiger partial charge in [-0.2, -0.15) is 0 Å². The molecule has 0 spiro atoms. The Kier molecular flexibility index (Phi) is 8.63. The number of benzene rings is 2. The lowest BCUT2D eigenvalue weighted by atomic mass is 9.78. The van der Waals surface area contributed by atoms with Gasteiger partial charge in [0.05, 0.1) is 0 Å². The van der Waals surface area contributed by atoms with Crippen molar-refractivity contribution in [3.05, 3.63) is 82.9 Å². The van der Waals surface area contributed by atoms with Gasteiger partial charge in [0.15, 0.2) is 0 Å². The molecular formula is C29H36. The summed E-state index contributed by atoms with van der Waals surface area (Å²) >= 11 is 0. The lowest BCUT2D eigenvalue weighted by molar-refractivity contribution is 0.376. The summed E-state index contributed by atoms with van der Waals surface area (Å²) in [6, 6.07) is 18.1. The molecule has 0 N–H and O–H groups in total. The molecule has 0 atom stereocenters. The van der Waals surface area contributed by atoms with Gasteiger partial charge in [0.2, 0.25) is 0 Å². The molecule has 0 aliphatic heterocycles. The van der Waals surface area contributed by atoms with Gasteiger partial charge >= 0.3 is 0 Å². The van der Waals surface area contributed by atoms with E-state index in [1.165, 1.54) is 74.5 Å². The maximum absolute atomic E-state index is 3.28. The molecule has 1 saturated carbocycles. The predicted octanol–water partition coefficient (Wildman–Crippen LogP) is 7.86. The summed E-state index contributed by atoms with van der Waals surface area (Å²) in [4.78, 5) is 0. The Morgan fingerprint density at radius 2 is 1.45 bits per heavy atom. The van der Waals surface area contributed by atoms with E-state index in [1.54, 1.807) is 0 Å². The minimum Gasteiger partial charge on any atom is -0.0730 e. The third-order valence-electron chi connectivity index (χ3n) is 6.20. The van der Waals surface area contributed by atoms with Crippen molar-refractivity contribution in [2.24, 2.45) is 5.92 Å². The minimum atomic E-state index is 0.691. The molecule has 0 aromatic heterocycles. The van der Waals surface area contributed by atoms with Gasteiger partial charge in [-0.15, -0.1) is 0 Å². The van der Waals surface area contributed by atoms with Crippen molar-refractivity contribution >= 4 is 0 Å². The third kappa shape index (κ3) is 6.93. The first-order valence-corrected chi connectivity index (χ1v) is 11.6. The Labute approximate surface area is 178 Å². The summed E-state index contributed by atoms with van der Waals surface area (Å²) in [5.41, 5.74) is 5.55. The van der Waals surface area contributed by atoms with E-state index in [0.29, 0.717) is 5.92 Å². The van der Waals surface area contributed by atoms with Crippen molar-refractivity contribution in [3.63, 3.8) is 0 Å². The summed E-state index contributed by atoms with van der Waals surface area (Å²) in [6.45, 7) is 4.49. The molecule has 3 rings (SSSR count). The SMILES string of the molecule is CCCCc1ccc(C#CC=C[C@H]2CC[C@H](c3ccc(CCC)cc3)CC2)cc1. The highest BCUT2D eigenvalue weighted by Gasteiger charge is 2.20. The molecule has 1 aliphatic rings. The molecule has 0 radical (unpaired) electrons. The first kappa shape index (κ1) is 21.4. The molecule has 29 heavy (non-hydrogen) atoms. The normalized spacial score (nSPS) is 19.1. The van der Waals surface area contributed by atoms with Gasteiger partial charge in [-0.25, -0.2) is 0 Å². The van der Waals surface area contributed by atoms with E-state index in [1.807, 2.05) is 0 Å². The highest BCUT2D eigenvalue weighted by molar-refractivity contribution is 5.38. The molecule has 2 aromatic rings. The number of unbranched alkanes of at least 4 members (excludes halogenated alkanes) is 1. The van der Waals surface area contributed by atoms with Crippen LogP contribution in [0.3, 0.4) is 0 Å². The number of allylic oxidation sites excluding steroid dienone is 2. The van der Waals surface area contributed by atoms with Gasteiger partial charge in [0.25, 0.3) is 0 Å². The molecule has 0 amide bonds. The van der Waals surface area contributed by atoms with E-state index in [-0.39, 0.29) is 0 Å². The molecule has 0 saturated heterocycles. The van der Waals surface area contributed by atoms with Crippen molar-refractivity contribution in [1.82, 2.24) is 0 Å². The molecular weight excluding hydrogens is 348 g/mol. The Morgan fingerprint density at radius 3 is 2.10 bits per heavy atom. The van der Waals surface area contributed by atoms with Gasteiger partial charge in [0, 0.05) is 5.56 Å². The van der Waals surface area contributed by atoms with Crippen LogP contribution in [-0.4, -0.2) is 0 Å². The molecule has 0 bridgehead atoms. The van der Waals surface area contributed by atoms with Crippen LogP contribution in [0.15, 0.2) is 60.7 Å². The Hall–Kier alpha value is -2.26. The zero-order valence-electron chi connectivity index (χ0n) is 18.3. The molecule has 1 aliphatic carbocycles. The smallest absolute Gasteiger partial charge is 0.0249 e. The van der Waals surface area contributed by atoms with Crippen molar-refractivity contribution < 1.29 is 0 Å². The number of hydrogen-bond acceptors (Lipinski definition) is 0. The van der Waals surface area contributed by atoms with E-state index < -0.39 is 0 Å². The van der Waals surface area contributed by atoms with Crippen molar-refractivity contribution in [3.8, 4) is 11.8 Å². The standard InChI is InChI=1S/C29H36/c1-3-5-9-25-12-14-26(15-13-25)10-6-7-11-27-18-22-29(23-19-27)28-20-16-24(8-4-2)17-21-28/h7,11-17,20-21,27,29H,3-5,8-9,18-19,22-23H2,1-2H3/t27-,29-. The van der Waals surface area contributed by atoms with E-state index >= 15 is 0 Å². The zero-order valence-corrected chi connectivity index (χ0v) is 18.3. The van der Waals surface area contributed by atoms with E-state index in [9.17, 15) is 0 Å². The highest BCUT2D eigenvalue weighted by Crippen LogP contribution is 2.36. The summed E-state index contributed by atoms with van der Waals surface area (Å²) in [6.07, 6.45) is 15.7. The second-order valence-electron chi connectivity index (χ2n) is 8.53. The predicted molar refractivity (Wildman–Crippen MR) is 126 cm³/mol. The summed E-state index contributed by atoms with van der Waals surface area (Å²) in [5, 5.41) is 0. The fourth-order valence-corrected chi connectivity index (χ4v) is 4.33. The van der Waals surface area contributed by atoms with Crippen LogP contribution in [0.1, 0.15) is 87.0 Å². The van der Waals surface area contributed by atoms with Gasteiger partial charge in [-0.05, 0) is 91.7 Å². The Bertz CT molecular complexity index is 803. The van der Waals surface area contributed by atoms with Gasteiger partial charge in [0.1, 0.15) is 0 Å². The van der Waals surface area contributed by atoms with Crippen LogP contribution in [0, 0.1) is 17.8 Å². The molecule has 2 aromatic carbocycles.